The van der Waals surface area contributed by atoms with Crippen molar-refractivity contribution in [3.63, 3.8) is 0 Å². The van der Waals surface area contributed by atoms with Crippen LogP contribution >= 0.6 is 0 Å². The molecule has 1 aromatic carbocycles. The Morgan fingerprint density at radius 1 is 1.31 bits per heavy atom. The summed E-state index contributed by atoms with van der Waals surface area (Å²) in [6.07, 6.45) is 0. The maximum absolute atomic E-state index is 10.4. The summed E-state index contributed by atoms with van der Waals surface area (Å²) < 4.78 is 29.2. The van der Waals surface area contributed by atoms with Gasteiger partial charge in [-0.2, -0.15) is 8.42 Å². The van der Waals surface area contributed by atoms with Crippen molar-refractivity contribution in [2.24, 2.45) is 5.73 Å². The van der Waals surface area contributed by atoms with Crippen molar-refractivity contribution in [2.45, 2.75) is 11.8 Å². The van der Waals surface area contributed by atoms with Crippen LogP contribution in [0, 0.1) is 0 Å². The number of rotatable bonds is 1. The van der Waals surface area contributed by atoms with Gasteiger partial charge >= 0.3 is 0 Å². The van der Waals surface area contributed by atoms with E-state index in [2.05, 4.69) is 0 Å². The summed E-state index contributed by atoms with van der Waals surface area (Å²) in [5, 5.41) is 0. The minimum absolute atomic E-state index is 0.0741. The zero-order valence-corrected chi connectivity index (χ0v) is 8.16. The van der Waals surface area contributed by atoms with Gasteiger partial charge in [-0.3, -0.25) is 4.55 Å². The molecule has 74 valence electrons. The molecule has 0 saturated heterocycles. The highest BCUT2D eigenvalue weighted by molar-refractivity contribution is 7.85. The van der Waals surface area contributed by atoms with Crippen molar-refractivity contribution in [2.75, 3.05) is 6.54 Å². The van der Waals surface area contributed by atoms with Gasteiger partial charge in [0.1, 0.15) is 0 Å². The average molecular weight is 203 g/mol. The first-order valence-corrected chi connectivity index (χ1v) is 5.19. The summed E-state index contributed by atoms with van der Waals surface area (Å²) in [6, 6.07) is 7.42. The first-order valence-electron chi connectivity index (χ1n) is 3.75. The van der Waals surface area contributed by atoms with Crippen LogP contribution in [0.2, 0.25) is 0 Å². The average Bonchev–Trinajstić information content (AvgIpc) is 2.06. The Morgan fingerprint density at radius 2 is 1.69 bits per heavy atom. The van der Waals surface area contributed by atoms with Gasteiger partial charge in [0.05, 0.1) is 4.90 Å². The zero-order chi connectivity index (χ0) is 10.3. The lowest BCUT2D eigenvalue weighted by Gasteiger charge is -1.92. The predicted molar refractivity (Wildman–Crippen MR) is 51.0 cm³/mol. The standard InChI is InChI=1S/C6H6O3S.C2H7N/c7-10(8,9)6-4-2-1-3-5-6;1-2-3/h1-5H,(H,7,8,9);2-3H2,1H3. The second-order valence-electron chi connectivity index (χ2n) is 2.20. The molecule has 1 rings (SSSR count). The van der Waals surface area contributed by atoms with E-state index in [9.17, 15) is 8.42 Å². The van der Waals surface area contributed by atoms with Crippen LogP contribution in [-0.2, 0) is 10.1 Å². The molecule has 0 spiro atoms. The molecule has 0 saturated carbocycles. The molecule has 0 fully saturated rings. The maximum Gasteiger partial charge on any atom is 0.294 e. The van der Waals surface area contributed by atoms with Crippen molar-refractivity contribution < 1.29 is 13.0 Å². The van der Waals surface area contributed by atoms with Gasteiger partial charge in [-0.05, 0) is 18.7 Å². The van der Waals surface area contributed by atoms with E-state index in [1.54, 1.807) is 18.2 Å². The Balaban J connectivity index is 0.000000424. The quantitative estimate of drug-likeness (QED) is 0.664. The van der Waals surface area contributed by atoms with E-state index in [0.29, 0.717) is 0 Å². The Morgan fingerprint density at radius 3 is 1.92 bits per heavy atom. The molecule has 0 unspecified atom stereocenters. The highest BCUT2D eigenvalue weighted by Crippen LogP contribution is 2.05. The van der Waals surface area contributed by atoms with E-state index in [-0.39, 0.29) is 4.90 Å². The summed E-state index contributed by atoms with van der Waals surface area (Å²) in [5.41, 5.74) is 4.85. The molecule has 0 aromatic heterocycles. The number of hydrogen-bond donors (Lipinski definition) is 2. The first kappa shape index (κ1) is 12.1. The molecule has 13 heavy (non-hydrogen) atoms. The number of hydrogen-bond acceptors (Lipinski definition) is 3. The van der Waals surface area contributed by atoms with Crippen LogP contribution in [0.25, 0.3) is 0 Å². The molecule has 0 heterocycles. The third-order valence-corrected chi connectivity index (χ3v) is 1.91. The van der Waals surface area contributed by atoms with Gasteiger partial charge in [-0.25, -0.2) is 0 Å². The summed E-state index contributed by atoms with van der Waals surface area (Å²) >= 11 is 0. The fourth-order valence-electron chi connectivity index (χ4n) is 0.592. The Hall–Kier alpha value is -0.910. The summed E-state index contributed by atoms with van der Waals surface area (Å²) in [4.78, 5) is -0.0741. The van der Waals surface area contributed by atoms with Crippen LogP contribution in [0.1, 0.15) is 6.92 Å². The van der Waals surface area contributed by atoms with Crippen LogP contribution in [0.5, 0.6) is 0 Å². The zero-order valence-electron chi connectivity index (χ0n) is 7.34. The molecule has 0 radical (unpaired) electrons. The van der Waals surface area contributed by atoms with Crippen LogP contribution < -0.4 is 5.73 Å². The fourth-order valence-corrected chi connectivity index (χ4v) is 1.09. The molecule has 4 nitrogen and oxygen atoms in total. The lowest BCUT2D eigenvalue weighted by atomic mass is 10.4. The second kappa shape index (κ2) is 5.69. The molecule has 0 aliphatic carbocycles. The van der Waals surface area contributed by atoms with Crippen molar-refractivity contribution in [1.29, 1.82) is 0 Å². The van der Waals surface area contributed by atoms with Crippen LogP contribution in [-0.4, -0.2) is 19.5 Å². The third kappa shape index (κ3) is 5.35. The van der Waals surface area contributed by atoms with Crippen LogP contribution in [0.3, 0.4) is 0 Å². The maximum atomic E-state index is 10.4. The van der Waals surface area contributed by atoms with Gasteiger partial charge in [0.25, 0.3) is 10.1 Å². The minimum Gasteiger partial charge on any atom is -0.331 e. The van der Waals surface area contributed by atoms with Crippen LogP contribution in [0.4, 0.5) is 0 Å². The van der Waals surface area contributed by atoms with Crippen molar-refractivity contribution in [3.8, 4) is 0 Å². The van der Waals surface area contributed by atoms with E-state index >= 15 is 0 Å². The molecule has 0 amide bonds. The van der Waals surface area contributed by atoms with Gasteiger partial charge < -0.3 is 5.73 Å². The molecule has 5 heteroatoms. The summed E-state index contributed by atoms with van der Waals surface area (Å²) in [6.45, 7) is 2.65. The number of nitrogens with two attached hydrogens (primary N) is 1. The third-order valence-electron chi connectivity index (χ3n) is 1.04. The van der Waals surface area contributed by atoms with Crippen molar-refractivity contribution in [1.82, 2.24) is 0 Å². The highest BCUT2D eigenvalue weighted by atomic mass is 32.2. The molecular weight excluding hydrogens is 190 g/mol. The molecule has 0 bridgehead atoms. The number of benzene rings is 1. The van der Waals surface area contributed by atoms with E-state index in [1.807, 2.05) is 6.92 Å². The van der Waals surface area contributed by atoms with Gasteiger partial charge in [-0.15, -0.1) is 0 Å². The smallest absolute Gasteiger partial charge is 0.294 e. The first-order chi connectivity index (χ1) is 6.02. The molecule has 1 aromatic rings. The lowest BCUT2D eigenvalue weighted by Crippen LogP contribution is -1.96. The topological polar surface area (TPSA) is 80.4 Å². The predicted octanol–water partition coefficient (Wildman–Crippen LogP) is 0.898. The molecular formula is C8H13NO3S. The Labute approximate surface area is 78.1 Å². The van der Waals surface area contributed by atoms with Gasteiger partial charge in [-0.1, -0.05) is 25.1 Å². The van der Waals surface area contributed by atoms with Gasteiger partial charge in [0.15, 0.2) is 0 Å². The van der Waals surface area contributed by atoms with E-state index in [1.165, 1.54) is 12.1 Å². The monoisotopic (exact) mass is 203 g/mol. The SMILES string of the molecule is CCN.O=S(=O)(O)c1ccccc1. The van der Waals surface area contributed by atoms with E-state index in [4.69, 9.17) is 10.3 Å². The van der Waals surface area contributed by atoms with E-state index in [0.717, 1.165) is 6.54 Å². The molecule has 3 N–H and O–H groups in total. The molecule has 0 atom stereocenters. The van der Waals surface area contributed by atoms with Crippen molar-refractivity contribution >= 4 is 10.1 Å². The summed E-state index contributed by atoms with van der Waals surface area (Å²) in [5.74, 6) is 0. The van der Waals surface area contributed by atoms with E-state index < -0.39 is 10.1 Å². The normalized spacial score (nSPS) is 10.1. The summed E-state index contributed by atoms with van der Waals surface area (Å²) in [7, 11) is -4.00. The lowest BCUT2D eigenvalue weighted by molar-refractivity contribution is 0.483. The molecule has 0 aliphatic heterocycles. The Kier molecular flexibility index (Phi) is 5.29. The van der Waals surface area contributed by atoms with Crippen molar-refractivity contribution in [3.05, 3.63) is 30.3 Å². The largest absolute Gasteiger partial charge is 0.331 e. The van der Waals surface area contributed by atoms with Gasteiger partial charge in [0.2, 0.25) is 0 Å². The highest BCUT2D eigenvalue weighted by Gasteiger charge is 2.05. The van der Waals surface area contributed by atoms with Gasteiger partial charge in [0, 0.05) is 0 Å². The minimum atomic E-state index is -4.00. The molecule has 0 aliphatic rings. The Bertz CT molecular complexity index is 321. The fraction of sp³-hybridized carbons (Fsp3) is 0.250. The van der Waals surface area contributed by atoms with Crippen LogP contribution in [0.15, 0.2) is 35.2 Å². The second-order valence-corrected chi connectivity index (χ2v) is 3.62.